The van der Waals surface area contributed by atoms with Gasteiger partial charge in [-0.1, -0.05) is 34.1 Å². The van der Waals surface area contributed by atoms with Crippen LogP contribution in [0.3, 0.4) is 0 Å². The Labute approximate surface area is 171 Å². The van der Waals surface area contributed by atoms with Gasteiger partial charge in [0.25, 0.3) is 0 Å². The van der Waals surface area contributed by atoms with Crippen LogP contribution < -0.4 is 0 Å². The van der Waals surface area contributed by atoms with Gasteiger partial charge < -0.3 is 4.98 Å². The molecule has 3 aliphatic carbocycles. The molecular weight excluding hydrogens is 422 g/mol. The number of hydrogen-bond donors (Lipinski definition) is 1. The summed E-state index contributed by atoms with van der Waals surface area (Å²) in [6.45, 7) is 2.22. The van der Waals surface area contributed by atoms with Crippen molar-refractivity contribution in [2.45, 2.75) is 50.2 Å². The van der Waals surface area contributed by atoms with Gasteiger partial charge in [0.1, 0.15) is 11.6 Å². The van der Waals surface area contributed by atoms with E-state index >= 15 is 8.78 Å². The molecule has 2 aromatic carbocycles. The van der Waals surface area contributed by atoms with Crippen LogP contribution in [-0.2, 0) is 6.42 Å². The first kappa shape index (κ1) is 17.2. The lowest BCUT2D eigenvalue weighted by molar-refractivity contribution is -0.174. The van der Waals surface area contributed by atoms with Gasteiger partial charge >= 0.3 is 0 Å². The summed E-state index contributed by atoms with van der Waals surface area (Å²) < 4.78 is 30.8. The van der Waals surface area contributed by atoms with E-state index in [-0.39, 0.29) is 17.1 Å². The zero-order valence-electron chi connectivity index (χ0n) is 15.6. The van der Waals surface area contributed by atoms with Crippen LogP contribution in [0, 0.1) is 17.6 Å². The number of nitrogens with zero attached hydrogens (tertiary/aromatic N) is 1. The lowest BCUT2D eigenvalue weighted by Gasteiger charge is -2.70. The maximum atomic E-state index is 15.2. The molecule has 0 unspecified atom stereocenters. The SMILES string of the molecule is C[C@@H]1Cc2c([nH]c3ccccc23)[C@@H](c2c(F)cc(Br)cc2F)N1C12CC(C1)C2. The van der Waals surface area contributed by atoms with Crippen LogP contribution in [-0.4, -0.2) is 21.5 Å². The van der Waals surface area contributed by atoms with Crippen LogP contribution in [0.25, 0.3) is 10.9 Å². The summed E-state index contributed by atoms with van der Waals surface area (Å²) in [4.78, 5) is 5.97. The fraction of sp³-hybridized carbons (Fsp3) is 0.391. The van der Waals surface area contributed by atoms with Crippen molar-refractivity contribution in [3.8, 4) is 0 Å². The van der Waals surface area contributed by atoms with Crippen LogP contribution in [0.5, 0.6) is 0 Å². The van der Waals surface area contributed by atoms with E-state index in [0.29, 0.717) is 4.47 Å². The number of H-pyrrole nitrogens is 1. The third-order valence-corrected chi connectivity index (χ3v) is 7.70. The van der Waals surface area contributed by atoms with Crippen LogP contribution in [0.2, 0.25) is 0 Å². The van der Waals surface area contributed by atoms with Gasteiger partial charge in [-0.2, -0.15) is 0 Å². The van der Waals surface area contributed by atoms with Crippen molar-refractivity contribution < 1.29 is 8.78 Å². The average molecular weight is 443 g/mol. The number of benzene rings is 2. The van der Waals surface area contributed by atoms with E-state index in [1.165, 1.54) is 23.1 Å². The lowest BCUT2D eigenvalue weighted by Crippen LogP contribution is -2.71. The number of fused-ring (bicyclic) bond motifs is 3. The Morgan fingerprint density at radius 3 is 2.43 bits per heavy atom. The van der Waals surface area contributed by atoms with Gasteiger partial charge in [-0.15, -0.1) is 0 Å². The number of aromatic nitrogens is 1. The van der Waals surface area contributed by atoms with Crippen molar-refractivity contribution in [2.75, 3.05) is 0 Å². The average Bonchev–Trinajstić information content (AvgIpc) is 2.92. The monoisotopic (exact) mass is 442 g/mol. The van der Waals surface area contributed by atoms with E-state index in [9.17, 15) is 0 Å². The van der Waals surface area contributed by atoms with Crippen molar-refractivity contribution in [1.82, 2.24) is 9.88 Å². The van der Waals surface area contributed by atoms with Crippen molar-refractivity contribution in [3.05, 3.63) is 69.3 Å². The Kier molecular flexibility index (Phi) is 3.47. The predicted octanol–water partition coefficient (Wildman–Crippen LogP) is 6.10. The smallest absolute Gasteiger partial charge is 0.132 e. The first-order chi connectivity index (χ1) is 13.5. The number of nitrogens with one attached hydrogen (secondary N) is 1. The Balaban J connectivity index is 1.62. The molecule has 0 saturated heterocycles. The highest BCUT2D eigenvalue weighted by Gasteiger charge is 2.63. The van der Waals surface area contributed by atoms with E-state index in [4.69, 9.17) is 0 Å². The molecule has 2 atom stereocenters. The molecule has 144 valence electrons. The lowest BCUT2D eigenvalue weighted by atomic mass is 9.48. The molecule has 1 aliphatic heterocycles. The summed E-state index contributed by atoms with van der Waals surface area (Å²) >= 11 is 3.23. The second-order valence-electron chi connectivity index (χ2n) is 8.91. The minimum atomic E-state index is -0.479. The fourth-order valence-corrected chi connectivity index (χ4v) is 6.45. The molecule has 28 heavy (non-hydrogen) atoms. The quantitative estimate of drug-likeness (QED) is 0.508. The van der Waals surface area contributed by atoms with E-state index in [0.717, 1.165) is 42.8 Å². The van der Waals surface area contributed by atoms with Crippen molar-refractivity contribution in [2.24, 2.45) is 5.92 Å². The third kappa shape index (κ3) is 2.15. The van der Waals surface area contributed by atoms with Crippen LogP contribution in [0.1, 0.15) is 49.0 Å². The highest BCUT2D eigenvalue weighted by Crippen LogP contribution is 2.64. The highest BCUT2D eigenvalue weighted by atomic mass is 79.9. The predicted molar refractivity (Wildman–Crippen MR) is 109 cm³/mol. The summed E-state index contributed by atoms with van der Waals surface area (Å²) in [5.41, 5.74) is 3.49. The number of halogens is 3. The van der Waals surface area contributed by atoms with Crippen molar-refractivity contribution in [1.29, 1.82) is 0 Å². The number of para-hydroxylation sites is 1. The Morgan fingerprint density at radius 2 is 1.79 bits per heavy atom. The first-order valence-corrected chi connectivity index (χ1v) is 10.8. The minimum absolute atomic E-state index is 0.107. The summed E-state index contributed by atoms with van der Waals surface area (Å²) in [6.07, 6.45) is 4.37. The van der Waals surface area contributed by atoms with Crippen LogP contribution in [0.15, 0.2) is 40.9 Å². The van der Waals surface area contributed by atoms with Crippen molar-refractivity contribution >= 4 is 26.8 Å². The van der Waals surface area contributed by atoms with Gasteiger partial charge in [0.05, 0.1) is 6.04 Å². The summed E-state index contributed by atoms with van der Waals surface area (Å²) in [6, 6.07) is 10.8. The van der Waals surface area contributed by atoms with Gasteiger partial charge in [0.2, 0.25) is 0 Å². The van der Waals surface area contributed by atoms with Crippen LogP contribution in [0.4, 0.5) is 8.78 Å². The van der Waals surface area contributed by atoms with E-state index in [1.54, 1.807) is 0 Å². The molecule has 1 aromatic heterocycles. The zero-order valence-corrected chi connectivity index (χ0v) is 17.2. The molecular formula is C23H21BrF2N2. The van der Waals surface area contributed by atoms with E-state index in [1.807, 2.05) is 12.1 Å². The number of hydrogen-bond acceptors (Lipinski definition) is 1. The normalized spacial score (nSPS) is 31.4. The summed E-state index contributed by atoms with van der Waals surface area (Å²) in [7, 11) is 0. The van der Waals surface area contributed by atoms with Gasteiger partial charge in [0, 0.05) is 38.2 Å². The Hall–Kier alpha value is -1.72. The maximum Gasteiger partial charge on any atom is 0.132 e. The number of rotatable bonds is 2. The molecule has 7 rings (SSSR count). The Morgan fingerprint density at radius 1 is 1.11 bits per heavy atom. The van der Waals surface area contributed by atoms with Gasteiger partial charge in [0.15, 0.2) is 0 Å². The standard InChI is InChI=1S/C23H21BrF2N2/c1-12-6-16-15-4-2-3-5-19(15)27-21(16)22(28(12)23-9-13(10-23)11-23)20-17(25)7-14(24)8-18(20)26/h2-5,7-8,12-13,22,27H,6,9-11H2,1H3/t12-,13?,22-,23?/m1/s1. The molecule has 3 saturated carbocycles. The fourth-order valence-electron chi connectivity index (χ4n) is 6.05. The second kappa shape index (κ2) is 5.67. The molecule has 1 N–H and O–H groups in total. The van der Waals surface area contributed by atoms with E-state index in [2.05, 4.69) is 44.9 Å². The molecule has 0 radical (unpaired) electrons. The number of aromatic amines is 1. The van der Waals surface area contributed by atoms with Crippen LogP contribution >= 0.6 is 15.9 Å². The molecule has 4 aliphatic rings. The second-order valence-corrected chi connectivity index (χ2v) is 9.83. The zero-order chi connectivity index (χ0) is 19.2. The minimum Gasteiger partial charge on any atom is -0.357 e. The molecule has 0 spiro atoms. The largest absolute Gasteiger partial charge is 0.357 e. The van der Waals surface area contributed by atoms with Gasteiger partial charge in [-0.05, 0) is 62.3 Å². The molecule has 5 heteroatoms. The molecule has 2 nitrogen and oxygen atoms in total. The third-order valence-electron chi connectivity index (χ3n) is 7.24. The maximum absolute atomic E-state index is 15.2. The van der Waals surface area contributed by atoms with Gasteiger partial charge in [-0.3, -0.25) is 4.90 Å². The first-order valence-electron chi connectivity index (χ1n) is 9.99. The molecule has 3 aromatic rings. The van der Waals surface area contributed by atoms with E-state index < -0.39 is 17.7 Å². The molecule has 0 amide bonds. The Bertz CT molecular complexity index is 1080. The summed E-state index contributed by atoms with van der Waals surface area (Å²) in [5, 5.41) is 1.17. The molecule has 2 bridgehead atoms. The molecule has 2 heterocycles. The van der Waals surface area contributed by atoms with Crippen molar-refractivity contribution in [3.63, 3.8) is 0 Å². The topological polar surface area (TPSA) is 19.0 Å². The van der Waals surface area contributed by atoms with Gasteiger partial charge in [-0.25, -0.2) is 8.78 Å². The molecule has 3 fully saturated rings. The highest BCUT2D eigenvalue weighted by molar-refractivity contribution is 9.10. The summed E-state index contributed by atoms with van der Waals surface area (Å²) in [5.74, 6) is -0.157.